The minimum absolute atomic E-state index is 0.397. The number of halogens is 3. The molecule has 0 aliphatic heterocycles. The van der Waals surface area contributed by atoms with Crippen molar-refractivity contribution in [1.29, 1.82) is 0 Å². The number of alkyl halides is 3. The predicted molar refractivity (Wildman–Crippen MR) is 59.7 cm³/mol. The molecule has 0 bridgehead atoms. The van der Waals surface area contributed by atoms with E-state index in [0.717, 1.165) is 5.56 Å². The number of aliphatic hydroxyl groups excluding tert-OH is 1. The Morgan fingerprint density at radius 2 is 1.71 bits per heavy atom. The van der Waals surface area contributed by atoms with Crippen LogP contribution in [0.25, 0.3) is 0 Å². The smallest absolute Gasteiger partial charge is 0.394 e. The highest BCUT2D eigenvalue weighted by atomic mass is 19.4. The summed E-state index contributed by atoms with van der Waals surface area (Å²) in [6.07, 6.45) is -4.29. The molecule has 0 saturated carbocycles. The van der Waals surface area contributed by atoms with Crippen molar-refractivity contribution in [2.24, 2.45) is 0 Å². The van der Waals surface area contributed by atoms with Gasteiger partial charge in [0.15, 0.2) is 0 Å². The molecule has 96 valence electrons. The Labute approximate surface area is 98.5 Å². The predicted octanol–water partition coefficient (Wildman–Crippen LogP) is 2.35. The highest BCUT2D eigenvalue weighted by Crippen LogP contribution is 2.23. The van der Waals surface area contributed by atoms with Gasteiger partial charge in [-0.25, -0.2) is 0 Å². The molecular formula is C12H16F3NO. The van der Waals surface area contributed by atoms with Gasteiger partial charge in [0, 0.05) is 0 Å². The molecule has 1 atom stereocenters. The largest absolute Gasteiger partial charge is 0.401 e. The van der Waals surface area contributed by atoms with E-state index in [0.29, 0.717) is 5.56 Å². The third kappa shape index (κ3) is 4.02. The minimum atomic E-state index is -4.29. The summed E-state index contributed by atoms with van der Waals surface area (Å²) in [6, 6.07) is 7.04. The molecule has 0 spiro atoms. The van der Waals surface area contributed by atoms with Crippen molar-refractivity contribution >= 4 is 0 Å². The molecule has 1 aromatic rings. The lowest BCUT2D eigenvalue weighted by Gasteiger charge is -2.30. The summed E-state index contributed by atoms with van der Waals surface area (Å²) in [4.78, 5) is 0. The number of aliphatic hydroxyl groups is 1. The van der Waals surface area contributed by atoms with Gasteiger partial charge in [0.05, 0.1) is 18.7 Å². The summed E-state index contributed by atoms with van der Waals surface area (Å²) in [5, 5.41) is 11.6. The van der Waals surface area contributed by atoms with E-state index >= 15 is 0 Å². The molecule has 0 aliphatic rings. The summed E-state index contributed by atoms with van der Waals surface area (Å²) < 4.78 is 36.5. The lowest BCUT2D eigenvalue weighted by atomic mass is 9.92. The zero-order valence-electron chi connectivity index (χ0n) is 9.80. The van der Waals surface area contributed by atoms with E-state index in [1.165, 1.54) is 0 Å². The Balaban J connectivity index is 2.84. The fourth-order valence-electron chi connectivity index (χ4n) is 1.47. The lowest BCUT2D eigenvalue weighted by molar-refractivity contribution is -0.129. The van der Waals surface area contributed by atoms with Crippen molar-refractivity contribution in [2.45, 2.75) is 25.6 Å². The normalized spacial score (nSPS) is 15.6. The van der Waals surface area contributed by atoms with E-state index in [-0.39, 0.29) is 0 Å². The van der Waals surface area contributed by atoms with Gasteiger partial charge in [0.25, 0.3) is 0 Å². The first-order chi connectivity index (χ1) is 7.77. The van der Waals surface area contributed by atoms with Gasteiger partial charge >= 0.3 is 6.18 Å². The molecule has 0 aromatic heterocycles. The van der Waals surface area contributed by atoms with Gasteiger partial charge in [-0.1, -0.05) is 29.8 Å². The van der Waals surface area contributed by atoms with Crippen molar-refractivity contribution in [1.82, 2.24) is 5.32 Å². The molecule has 1 unspecified atom stereocenters. The second kappa shape index (κ2) is 5.06. The first kappa shape index (κ1) is 14.0. The SMILES string of the molecule is Cc1ccc(C(C)(CO)NCC(F)(F)F)cc1. The third-order valence-corrected chi connectivity index (χ3v) is 2.68. The summed E-state index contributed by atoms with van der Waals surface area (Å²) in [6.45, 7) is 1.91. The Hall–Kier alpha value is -1.07. The zero-order chi connectivity index (χ0) is 13.1. The second-order valence-corrected chi connectivity index (χ2v) is 4.32. The average Bonchev–Trinajstić information content (AvgIpc) is 2.26. The molecule has 2 nitrogen and oxygen atoms in total. The van der Waals surface area contributed by atoms with Gasteiger partial charge in [-0.3, -0.25) is 5.32 Å². The van der Waals surface area contributed by atoms with Crippen molar-refractivity contribution in [3.63, 3.8) is 0 Å². The number of benzene rings is 1. The average molecular weight is 247 g/mol. The van der Waals surface area contributed by atoms with Crippen LogP contribution in [0.1, 0.15) is 18.1 Å². The van der Waals surface area contributed by atoms with Crippen LogP contribution in [0.5, 0.6) is 0 Å². The Morgan fingerprint density at radius 1 is 1.18 bits per heavy atom. The van der Waals surface area contributed by atoms with Crippen LogP contribution >= 0.6 is 0 Å². The van der Waals surface area contributed by atoms with Crippen molar-refractivity contribution in [3.8, 4) is 0 Å². The van der Waals surface area contributed by atoms with E-state index in [1.807, 2.05) is 6.92 Å². The summed E-state index contributed by atoms with van der Waals surface area (Å²) in [5.74, 6) is 0. The quantitative estimate of drug-likeness (QED) is 0.856. The van der Waals surface area contributed by atoms with E-state index in [2.05, 4.69) is 5.32 Å². The Bertz CT molecular complexity index is 361. The van der Waals surface area contributed by atoms with Crippen LogP contribution in [0.4, 0.5) is 13.2 Å². The molecule has 2 N–H and O–H groups in total. The summed E-state index contributed by atoms with van der Waals surface area (Å²) >= 11 is 0. The molecule has 0 saturated heterocycles. The number of rotatable bonds is 4. The van der Waals surface area contributed by atoms with Gasteiger partial charge in [0.2, 0.25) is 0 Å². The van der Waals surface area contributed by atoms with Crippen molar-refractivity contribution in [2.75, 3.05) is 13.2 Å². The van der Waals surface area contributed by atoms with E-state index in [4.69, 9.17) is 0 Å². The highest BCUT2D eigenvalue weighted by molar-refractivity contribution is 5.27. The Kier molecular flexibility index (Phi) is 4.16. The highest BCUT2D eigenvalue weighted by Gasteiger charge is 2.33. The van der Waals surface area contributed by atoms with E-state index < -0.39 is 24.9 Å². The monoisotopic (exact) mass is 247 g/mol. The maximum absolute atomic E-state index is 12.2. The van der Waals surface area contributed by atoms with Gasteiger partial charge in [-0.05, 0) is 19.4 Å². The number of aryl methyl sites for hydroxylation is 1. The van der Waals surface area contributed by atoms with Gasteiger partial charge in [-0.15, -0.1) is 0 Å². The van der Waals surface area contributed by atoms with Crippen LogP contribution in [0, 0.1) is 6.92 Å². The van der Waals surface area contributed by atoms with Gasteiger partial charge in [-0.2, -0.15) is 13.2 Å². The molecule has 0 aliphatic carbocycles. The number of hydrogen-bond acceptors (Lipinski definition) is 2. The summed E-state index contributed by atoms with van der Waals surface area (Å²) in [5.41, 5.74) is 0.572. The van der Waals surface area contributed by atoms with Crippen LogP contribution in [0.15, 0.2) is 24.3 Å². The van der Waals surface area contributed by atoms with Crippen LogP contribution in [0.2, 0.25) is 0 Å². The fourth-order valence-corrected chi connectivity index (χ4v) is 1.47. The van der Waals surface area contributed by atoms with Crippen molar-refractivity contribution in [3.05, 3.63) is 35.4 Å². The molecule has 1 rings (SSSR count). The fraction of sp³-hybridized carbons (Fsp3) is 0.500. The molecule has 0 amide bonds. The summed E-state index contributed by atoms with van der Waals surface area (Å²) in [7, 11) is 0. The standard InChI is InChI=1S/C12H16F3NO/c1-9-3-5-10(6-4-9)11(2,8-17)16-7-12(13,14)15/h3-6,16-17H,7-8H2,1-2H3. The maximum Gasteiger partial charge on any atom is 0.401 e. The minimum Gasteiger partial charge on any atom is -0.394 e. The van der Waals surface area contributed by atoms with Crippen LogP contribution in [-0.4, -0.2) is 24.4 Å². The second-order valence-electron chi connectivity index (χ2n) is 4.32. The lowest BCUT2D eigenvalue weighted by Crippen LogP contribution is -2.47. The first-order valence-electron chi connectivity index (χ1n) is 5.27. The molecule has 1 aromatic carbocycles. The molecular weight excluding hydrogens is 231 g/mol. The molecule has 5 heteroatoms. The van der Waals surface area contributed by atoms with Gasteiger partial charge < -0.3 is 5.11 Å². The first-order valence-corrected chi connectivity index (χ1v) is 5.27. The molecule has 0 fully saturated rings. The van der Waals surface area contributed by atoms with Gasteiger partial charge in [0.1, 0.15) is 0 Å². The number of nitrogens with one attached hydrogen (secondary N) is 1. The topological polar surface area (TPSA) is 32.3 Å². The van der Waals surface area contributed by atoms with E-state index in [1.54, 1.807) is 31.2 Å². The van der Waals surface area contributed by atoms with Crippen molar-refractivity contribution < 1.29 is 18.3 Å². The molecule has 17 heavy (non-hydrogen) atoms. The third-order valence-electron chi connectivity index (χ3n) is 2.68. The van der Waals surface area contributed by atoms with Crippen LogP contribution in [-0.2, 0) is 5.54 Å². The maximum atomic E-state index is 12.2. The van der Waals surface area contributed by atoms with Crippen LogP contribution < -0.4 is 5.32 Å². The van der Waals surface area contributed by atoms with E-state index in [9.17, 15) is 18.3 Å². The zero-order valence-corrected chi connectivity index (χ0v) is 9.80. The Morgan fingerprint density at radius 3 is 2.12 bits per heavy atom. The molecule has 0 radical (unpaired) electrons. The van der Waals surface area contributed by atoms with Crippen LogP contribution in [0.3, 0.4) is 0 Å². The number of hydrogen-bond donors (Lipinski definition) is 2. The molecule has 0 heterocycles.